The van der Waals surface area contributed by atoms with E-state index in [1.54, 1.807) is 11.3 Å². The van der Waals surface area contributed by atoms with Crippen LogP contribution in [0.2, 0.25) is 0 Å². The van der Waals surface area contributed by atoms with Crippen molar-refractivity contribution in [2.24, 2.45) is 5.41 Å². The Morgan fingerprint density at radius 3 is 2.67 bits per heavy atom. The van der Waals surface area contributed by atoms with Crippen LogP contribution in [-0.2, 0) is 0 Å². The molecule has 0 unspecified atom stereocenters. The number of carbonyl (C=O) groups is 1. The first-order valence-corrected chi connectivity index (χ1v) is 5.63. The predicted molar refractivity (Wildman–Crippen MR) is 53.7 cm³/mol. The lowest BCUT2D eigenvalue weighted by molar-refractivity contribution is 0.0912. The molecule has 0 N–H and O–H groups in total. The third kappa shape index (κ3) is 1.25. The summed E-state index contributed by atoms with van der Waals surface area (Å²) >= 11 is 4.95. The number of hydrogen-bond donors (Lipinski definition) is 0. The summed E-state index contributed by atoms with van der Waals surface area (Å²) in [6.45, 7) is 2.04. The molecule has 2 rings (SSSR count). The summed E-state index contributed by atoms with van der Waals surface area (Å²) in [5, 5.41) is 3.88. The molecule has 1 saturated carbocycles. The second-order valence-electron chi connectivity index (χ2n) is 3.52. The van der Waals surface area contributed by atoms with Crippen molar-refractivity contribution >= 4 is 33.0 Å². The Bertz CT molecular complexity index is 325. The van der Waals surface area contributed by atoms with Crippen LogP contribution in [0.3, 0.4) is 0 Å². The van der Waals surface area contributed by atoms with Gasteiger partial charge >= 0.3 is 0 Å². The van der Waals surface area contributed by atoms with Crippen molar-refractivity contribution in [2.45, 2.75) is 19.8 Å². The molecular weight excluding hydrogens is 236 g/mol. The van der Waals surface area contributed by atoms with Gasteiger partial charge in [0, 0.05) is 26.2 Å². The molecular formula is C9H9BrOS. The van der Waals surface area contributed by atoms with E-state index in [2.05, 4.69) is 15.9 Å². The number of thiophene rings is 1. The molecule has 1 aromatic heterocycles. The Morgan fingerprint density at radius 1 is 1.58 bits per heavy atom. The van der Waals surface area contributed by atoms with E-state index >= 15 is 0 Å². The first-order valence-electron chi connectivity index (χ1n) is 3.90. The summed E-state index contributed by atoms with van der Waals surface area (Å²) in [5.41, 5.74) is 0.823. The molecule has 1 nitrogen and oxygen atoms in total. The minimum absolute atomic E-state index is 0.0381. The number of hydrogen-bond acceptors (Lipinski definition) is 2. The van der Waals surface area contributed by atoms with Crippen molar-refractivity contribution in [3.8, 4) is 0 Å². The maximum atomic E-state index is 11.8. The van der Waals surface area contributed by atoms with Gasteiger partial charge in [0.1, 0.15) is 0 Å². The fourth-order valence-corrected chi connectivity index (χ4v) is 2.64. The lowest BCUT2D eigenvalue weighted by atomic mass is 9.99. The fourth-order valence-electron chi connectivity index (χ4n) is 1.18. The van der Waals surface area contributed by atoms with Gasteiger partial charge in [0.05, 0.1) is 0 Å². The van der Waals surface area contributed by atoms with Gasteiger partial charge in [0.25, 0.3) is 0 Å². The van der Waals surface area contributed by atoms with Crippen LogP contribution in [0.15, 0.2) is 15.2 Å². The highest BCUT2D eigenvalue weighted by Crippen LogP contribution is 2.48. The standard InChI is InChI=1S/C9H9BrOS/c1-9(2-3-9)8(11)6-4-12-5-7(6)10/h4-5H,2-3H2,1H3. The number of carbonyl (C=O) groups excluding carboxylic acids is 1. The van der Waals surface area contributed by atoms with E-state index in [0.29, 0.717) is 5.78 Å². The largest absolute Gasteiger partial charge is 0.293 e. The number of Topliss-reactive ketones (excluding diaryl/α,β-unsaturated/α-hetero) is 1. The zero-order valence-corrected chi connectivity index (χ0v) is 9.17. The molecule has 0 saturated heterocycles. The maximum Gasteiger partial charge on any atom is 0.170 e. The van der Waals surface area contributed by atoms with E-state index < -0.39 is 0 Å². The lowest BCUT2D eigenvalue weighted by Crippen LogP contribution is -2.11. The van der Waals surface area contributed by atoms with Gasteiger partial charge in [-0.3, -0.25) is 4.79 Å². The van der Waals surface area contributed by atoms with Crippen LogP contribution >= 0.6 is 27.3 Å². The van der Waals surface area contributed by atoms with E-state index in [0.717, 1.165) is 22.9 Å². The van der Waals surface area contributed by atoms with Crippen LogP contribution in [0, 0.1) is 5.41 Å². The first kappa shape index (κ1) is 8.45. The normalized spacial score (nSPS) is 19.2. The van der Waals surface area contributed by atoms with E-state index in [4.69, 9.17) is 0 Å². The van der Waals surface area contributed by atoms with Gasteiger partial charge in [-0.15, -0.1) is 0 Å². The zero-order valence-electron chi connectivity index (χ0n) is 6.76. The molecule has 0 aliphatic heterocycles. The third-order valence-corrected chi connectivity index (χ3v) is 4.11. The Balaban J connectivity index is 2.31. The number of rotatable bonds is 2. The Labute approximate surface area is 83.9 Å². The Kier molecular flexibility index (Phi) is 1.88. The van der Waals surface area contributed by atoms with Crippen molar-refractivity contribution < 1.29 is 4.79 Å². The molecule has 1 aromatic rings. The lowest BCUT2D eigenvalue weighted by Gasteiger charge is -2.04. The van der Waals surface area contributed by atoms with Crippen LogP contribution in [0.1, 0.15) is 30.1 Å². The third-order valence-electron chi connectivity index (χ3n) is 2.41. The summed E-state index contributed by atoms with van der Waals surface area (Å²) in [4.78, 5) is 11.8. The summed E-state index contributed by atoms with van der Waals surface area (Å²) in [7, 11) is 0. The molecule has 1 fully saturated rings. The molecule has 0 spiro atoms. The number of ketones is 1. The van der Waals surface area contributed by atoms with Gasteiger partial charge in [-0.05, 0) is 28.8 Å². The highest BCUT2D eigenvalue weighted by atomic mass is 79.9. The van der Waals surface area contributed by atoms with E-state index in [9.17, 15) is 4.79 Å². The van der Waals surface area contributed by atoms with Crippen molar-refractivity contribution in [2.75, 3.05) is 0 Å². The molecule has 64 valence electrons. The van der Waals surface area contributed by atoms with E-state index in [1.165, 1.54) is 0 Å². The van der Waals surface area contributed by atoms with E-state index in [-0.39, 0.29) is 5.41 Å². The second kappa shape index (κ2) is 2.67. The molecule has 12 heavy (non-hydrogen) atoms. The van der Waals surface area contributed by atoms with E-state index in [1.807, 2.05) is 17.7 Å². The van der Waals surface area contributed by atoms with Crippen LogP contribution in [0.5, 0.6) is 0 Å². The molecule has 0 bridgehead atoms. The highest BCUT2D eigenvalue weighted by molar-refractivity contribution is 9.10. The Morgan fingerprint density at radius 2 is 2.25 bits per heavy atom. The van der Waals surface area contributed by atoms with Gasteiger partial charge in [-0.2, -0.15) is 11.3 Å². The van der Waals surface area contributed by atoms with Crippen LogP contribution in [0.25, 0.3) is 0 Å². The molecule has 3 heteroatoms. The first-order chi connectivity index (χ1) is 5.63. The van der Waals surface area contributed by atoms with Crippen molar-refractivity contribution in [1.82, 2.24) is 0 Å². The molecule has 1 aliphatic rings. The minimum atomic E-state index is -0.0381. The van der Waals surface area contributed by atoms with Crippen LogP contribution in [0.4, 0.5) is 0 Å². The Hall–Kier alpha value is -0.150. The van der Waals surface area contributed by atoms with Gasteiger partial charge in [0.15, 0.2) is 5.78 Å². The van der Waals surface area contributed by atoms with Crippen LogP contribution < -0.4 is 0 Å². The van der Waals surface area contributed by atoms with Crippen molar-refractivity contribution in [3.63, 3.8) is 0 Å². The minimum Gasteiger partial charge on any atom is -0.293 e. The van der Waals surface area contributed by atoms with Gasteiger partial charge in [-0.1, -0.05) is 6.92 Å². The molecule has 0 radical (unpaired) electrons. The van der Waals surface area contributed by atoms with Crippen LogP contribution in [-0.4, -0.2) is 5.78 Å². The predicted octanol–water partition coefficient (Wildman–Crippen LogP) is 3.49. The quantitative estimate of drug-likeness (QED) is 0.729. The summed E-state index contributed by atoms with van der Waals surface area (Å²) in [6, 6.07) is 0. The monoisotopic (exact) mass is 244 g/mol. The molecule has 0 aromatic carbocycles. The smallest absolute Gasteiger partial charge is 0.170 e. The summed E-state index contributed by atoms with van der Waals surface area (Å²) in [6.07, 6.45) is 2.10. The maximum absolute atomic E-state index is 11.8. The fraction of sp³-hybridized carbons (Fsp3) is 0.444. The second-order valence-corrected chi connectivity index (χ2v) is 5.12. The van der Waals surface area contributed by atoms with Gasteiger partial charge in [0.2, 0.25) is 0 Å². The molecule has 0 atom stereocenters. The molecule has 1 heterocycles. The molecule has 0 amide bonds. The summed E-state index contributed by atoms with van der Waals surface area (Å²) < 4.78 is 0.950. The average Bonchev–Trinajstić information content (AvgIpc) is 2.63. The molecule has 1 aliphatic carbocycles. The average molecular weight is 245 g/mol. The highest BCUT2D eigenvalue weighted by Gasteiger charge is 2.45. The summed E-state index contributed by atoms with van der Waals surface area (Å²) in [5.74, 6) is 0.302. The zero-order chi connectivity index (χ0) is 8.77. The number of halogens is 1. The van der Waals surface area contributed by atoms with Gasteiger partial charge in [-0.25, -0.2) is 0 Å². The van der Waals surface area contributed by atoms with Crippen molar-refractivity contribution in [1.29, 1.82) is 0 Å². The topological polar surface area (TPSA) is 17.1 Å². The van der Waals surface area contributed by atoms with Gasteiger partial charge < -0.3 is 0 Å². The van der Waals surface area contributed by atoms with Crippen molar-refractivity contribution in [3.05, 3.63) is 20.8 Å². The SMILES string of the molecule is CC1(C(=O)c2cscc2Br)CC1.